The molecule has 0 bridgehead atoms. The van der Waals surface area contributed by atoms with Crippen LogP contribution in [-0.2, 0) is 9.53 Å². The second kappa shape index (κ2) is 12.7. The number of ether oxygens (including phenoxy) is 2. The van der Waals surface area contributed by atoms with Gasteiger partial charge in [-0.25, -0.2) is 14.8 Å². The smallest absolute Gasteiger partial charge is 0.410 e. The summed E-state index contributed by atoms with van der Waals surface area (Å²) in [7, 11) is 0. The van der Waals surface area contributed by atoms with Gasteiger partial charge in [0.1, 0.15) is 52.6 Å². The number of anilines is 1. The number of rotatable bonds is 7. The van der Waals surface area contributed by atoms with Crippen molar-refractivity contribution in [1.29, 1.82) is 5.26 Å². The van der Waals surface area contributed by atoms with Gasteiger partial charge in [0, 0.05) is 62.1 Å². The number of nitrogens with two attached hydrogens (primary N) is 1. The molecule has 2 atom stereocenters. The maximum absolute atomic E-state index is 13.9. The summed E-state index contributed by atoms with van der Waals surface area (Å²) >= 11 is 0. The van der Waals surface area contributed by atoms with Gasteiger partial charge in [0.25, 0.3) is 5.91 Å². The molecule has 2 N–H and O–H groups in total. The van der Waals surface area contributed by atoms with Crippen molar-refractivity contribution < 1.29 is 19.1 Å². The number of hydrogen-bond acceptors (Lipinski definition) is 9. The van der Waals surface area contributed by atoms with Gasteiger partial charge in [-0.2, -0.15) is 5.26 Å². The average Bonchev–Trinajstić information content (AvgIpc) is 3.69. The van der Waals surface area contributed by atoms with Gasteiger partial charge in [0.05, 0.1) is 6.04 Å². The quantitative estimate of drug-likeness (QED) is 0.220. The van der Waals surface area contributed by atoms with Crippen LogP contribution in [-0.4, -0.2) is 92.0 Å². The first kappa shape index (κ1) is 31.2. The highest BCUT2D eigenvalue weighted by molar-refractivity contribution is 5.97. The molecule has 3 saturated heterocycles. The Morgan fingerprint density at radius 2 is 1.85 bits per heavy atom. The fraction of sp³-hybridized carbons (Fsp3) is 0.361. The van der Waals surface area contributed by atoms with Crippen LogP contribution in [0, 0.1) is 11.3 Å². The SMILES string of the molecule is CC(C)(C=C(C#N)C(=O)N1CCC[C@@H](c2nc(-c3ccc(Oc4ccccc4)cc3)c3c(N)nccn23)C1)N1CCN2C(=O)OC[C@@H]2C1. The summed E-state index contributed by atoms with van der Waals surface area (Å²) in [4.78, 5) is 41.0. The summed E-state index contributed by atoms with van der Waals surface area (Å²) in [6.45, 7) is 7.13. The molecule has 0 radical (unpaired) electrons. The summed E-state index contributed by atoms with van der Waals surface area (Å²) < 4.78 is 13.2. The Morgan fingerprint density at radius 1 is 1.08 bits per heavy atom. The van der Waals surface area contributed by atoms with E-state index in [4.69, 9.17) is 20.2 Å². The average molecular weight is 647 g/mol. The molecule has 12 heteroatoms. The molecule has 12 nitrogen and oxygen atoms in total. The Balaban J connectivity index is 1.11. The molecule has 4 aromatic rings. The van der Waals surface area contributed by atoms with E-state index in [1.807, 2.05) is 79.0 Å². The number of piperazine rings is 1. The molecule has 2 aromatic carbocycles. The molecule has 0 aliphatic carbocycles. The van der Waals surface area contributed by atoms with Gasteiger partial charge in [0.15, 0.2) is 0 Å². The van der Waals surface area contributed by atoms with E-state index >= 15 is 0 Å². The number of nitrogen functional groups attached to an aromatic ring is 1. The summed E-state index contributed by atoms with van der Waals surface area (Å²) in [5.41, 5.74) is 8.25. The zero-order chi connectivity index (χ0) is 33.4. The van der Waals surface area contributed by atoms with Crippen molar-refractivity contribution in [3.63, 3.8) is 0 Å². The van der Waals surface area contributed by atoms with Crippen LogP contribution in [0.4, 0.5) is 10.6 Å². The molecule has 0 saturated carbocycles. The number of benzene rings is 2. The van der Waals surface area contributed by atoms with E-state index in [9.17, 15) is 14.9 Å². The van der Waals surface area contributed by atoms with Crippen molar-refractivity contribution in [1.82, 2.24) is 29.1 Å². The number of carbonyl (C=O) groups excluding carboxylic acids is 2. The molecule has 2 amide bonds. The minimum Gasteiger partial charge on any atom is -0.457 e. The Hall–Kier alpha value is -5.41. The van der Waals surface area contributed by atoms with Crippen molar-refractivity contribution >= 4 is 23.3 Å². The van der Waals surface area contributed by atoms with Crippen molar-refractivity contribution in [2.45, 2.75) is 44.2 Å². The Kier molecular flexibility index (Phi) is 8.23. The summed E-state index contributed by atoms with van der Waals surface area (Å²) in [6, 6.07) is 19.5. The molecule has 0 spiro atoms. The first-order chi connectivity index (χ1) is 23.2. The number of hydrogen-bond donors (Lipinski definition) is 1. The summed E-state index contributed by atoms with van der Waals surface area (Å²) in [6.07, 6.45) is 6.61. The van der Waals surface area contributed by atoms with Crippen LogP contribution in [0.25, 0.3) is 16.8 Å². The highest BCUT2D eigenvalue weighted by Gasteiger charge is 2.41. The van der Waals surface area contributed by atoms with Crippen LogP contribution < -0.4 is 10.5 Å². The number of likely N-dealkylation sites (tertiary alicyclic amines) is 1. The lowest BCUT2D eigenvalue weighted by molar-refractivity contribution is -0.128. The largest absolute Gasteiger partial charge is 0.457 e. The zero-order valence-electron chi connectivity index (χ0n) is 27.1. The highest BCUT2D eigenvalue weighted by Crippen LogP contribution is 2.35. The van der Waals surface area contributed by atoms with Gasteiger partial charge in [-0.1, -0.05) is 18.2 Å². The van der Waals surface area contributed by atoms with Crippen LogP contribution in [0.1, 0.15) is 38.4 Å². The lowest BCUT2D eigenvalue weighted by atomic mass is 9.94. The van der Waals surface area contributed by atoms with E-state index in [0.29, 0.717) is 62.1 Å². The lowest BCUT2D eigenvalue weighted by Crippen LogP contribution is -2.58. The molecular formula is C36H38N8O4. The highest BCUT2D eigenvalue weighted by atomic mass is 16.6. The van der Waals surface area contributed by atoms with Crippen LogP contribution in [0.15, 0.2) is 78.6 Å². The fourth-order valence-electron chi connectivity index (χ4n) is 7.02. The lowest BCUT2D eigenvalue weighted by Gasteiger charge is -2.43. The van der Waals surface area contributed by atoms with Crippen LogP contribution in [0.3, 0.4) is 0 Å². The monoisotopic (exact) mass is 646 g/mol. The second-order valence-electron chi connectivity index (χ2n) is 13.1. The third kappa shape index (κ3) is 5.93. The molecule has 48 heavy (non-hydrogen) atoms. The number of para-hydroxylation sites is 1. The Morgan fingerprint density at radius 3 is 2.62 bits per heavy atom. The first-order valence-electron chi connectivity index (χ1n) is 16.3. The molecule has 246 valence electrons. The van der Waals surface area contributed by atoms with Crippen LogP contribution in [0.5, 0.6) is 11.5 Å². The van der Waals surface area contributed by atoms with E-state index < -0.39 is 5.54 Å². The molecule has 3 fully saturated rings. The number of imidazole rings is 1. The number of nitrogens with zero attached hydrogens (tertiary/aromatic N) is 7. The number of carbonyl (C=O) groups is 2. The van der Waals surface area contributed by atoms with Crippen molar-refractivity contribution in [3.05, 3.63) is 84.5 Å². The number of cyclic esters (lactones) is 1. The van der Waals surface area contributed by atoms with Gasteiger partial charge < -0.3 is 20.1 Å². The normalized spacial score (nSPS) is 20.4. The predicted octanol–water partition coefficient (Wildman–Crippen LogP) is 4.84. The van der Waals surface area contributed by atoms with E-state index in [2.05, 4.69) is 16.0 Å². The van der Waals surface area contributed by atoms with Gasteiger partial charge in [-0.15, -0.1) is 0 Å². The number of piperidine rings is 1. The van der Waals surface area contributed by atoms with E-state index in [0.717, 1.165) is 30.0 Å². The molecule has 5 heterocycles. The number of aromatic nitrogens is 3. The first-order valence-corrected chi connectivity index (χ1v) is 16.3. The van der Waals surface area contributed by atoms with Crippen molar-refractivity contribution in [2.75, 3.05) is 45.1 Å². The van der Waals surface area contributed by atoms with Crippen molar-refractivity contribution in [3.8, 4) is 28.8 Å². The molecular weight excluding hydrogens is 608 g/mol. The second-order valence-corrected chi connectivity index (χ2v) is 13.1. The Bertz CT molecular complexity index is 1910. The van der Waals surface area contributed by atoms with E-state index in [1.165, 1.54) is 0 Å². The molecule has 2 aromatic heterocycles. The van der Waals surface area contributed by atoms with Crippen LogP contribution in [0.2, 0.25) is 0 Å². The summed E-state index contributed by atoms with van der Waals surface area (Å²) in [5.74, 6) is 2.26. The number of fused-ring (bicyclic) bond motifs is 2. The van der Waals surface area contributed by atoms with E-state index in [1.54, 1.807) is 22.1 Å². The molecule has 0 unspecified atom stereocenters. The third-order valence-corrected chi connectivity index (χ3v) is 9.57. The van der Waals surface area contributed by atoms with Gasteiger partial charge in [-0.05, 0) is 69.2 Å². The topological polar surface area (TPSA) is 142 Å². The molecule has 3 aliphatic heterocycles. The maximum atomic E-state index is 13.9. The van der Waals surface area contributed by atoms with Gasteiger partial charge in [-0.3, -0.25) is 19.0 Å². The van der Waals surface area contributed by atoms with Crippen molar-refractivity contribution in [2.24, 2.45) is 0 Å². The van der Waals surface area contributed by atoms with Gasteiger partial charge >= 0.3 is 6.09 Å². The minimum absolute atomic E-state index is 0.0259. The standard InChI is InChI=1S/C36H38N8O4/c1-36(2,42-17-18-43-27(22-42)23-47-35(43)46)19-26(20-37)34(45)41-15-6-7-25(21-41)33-40-30(31-32(38)39-14-16-44(31)33)24-10-12-29(13-11-24)48-28-8-4-3-5-9-28/h3-5,8-14,16,19,25,27H,6-7,15,17-18,21-23H2,1-2H3,(H2,38,39)/t25-,27+/m1/s1. The third-order valence-electron chi connectivity index (χ3n) is 9.57. The summed E-state index contributed by atoms with van der Waals surface area (Å²) in [5, 5.41) is 10.2. The molecule has 3 aliphatic rings. The Labute approximate surface area is 279 Å². The predicted molar refractivity (Wildman–Crippen MR) is 179 cm³/mol. The number of nitriles is 1. The maximum Gasteiger partial charge on any atom is 0.410 e. The van der Waals surface area contributed by atoms with Crippen LogP contribution >= 0.6 is 0 Å². The van der Waals surface area contributed by atoms with Gasteiger partial charge in [0.2, 0.25) is 0 Å². The molecule has 7 rings (SSSR count). The zero-order valence-corrected chi connectivity index (χ0v) is 27.1. The number of amides is 2. The minimum atomic E-state index is -0.575. The fourth-order valence-corrected chi connectivity index (χ4v) is 7.02. The van der Waals surface area contributed by atoms with E-state index in [-0.39, 0.29) is 29.5 Å².